The van der Waals surface area contributed by atoms with Crippen molar-refractivity contribution in [2.45, 2.75) is 12.5 Å². The van der Waals surface area contributed by atoms with E-state index in [-0.39, 0.29) is 17.5 Å². The van der Waals surface area contributed by atoms with Crippen molar-refractivity contribution in [2.24, 2.45) is 5.92 Å². The molecule has 1 aromatic carbocycles. The summed E-state index contributed by atoms with van der Waals surface area (Å²) in [6, 6.07) is 4.39. The predicted octanol–water partition coefficient (Wildman–Crippen LogP) is 2.40. The first-order valence-electron chi connectivity index (χ1n) is 7.11. The molecular formula is C16H17ClFNO4. The molecule has 0 saturated carbocycles. The average Bonchev–Trinajstić information content (AvgIpc) is 3.03. The van der Waals surface area contributed by atoms with Crippen LogP contribution in [0.2, 0.25) is 5.02 Å². The van der Waals surface area contributed by atoms with Gasteiger partial charge in [-0.15, -0.1) is 0 Å². The molecule has 2 rings (SSSR count). The standard InChI is InChI=1S/C16H17ClFNO4/c1-22-14(20)3-2-7-19-16(21)11-6-8-23-15(11)10-4-5-12(17)13(18)9-10/h2-5,9,11,15H,6-8H2,1H3,(H,19,21)/b3-2+/t11-,15+/m1/s1. The number of rotatable bonds is 5. The molecule has 1 amide bonds. The second kappa shape index (κ2) is 8.08. The van der Waals surface area contributed by atoms with E-state index in [0.29, 0.717) is 18.6 Å². The topological polar surface area (TPSA) is 64.6 Å². The van der Waals surface area contributed by atoms with E-state index < -0.39 is 23.8 Å². The van der Waals surface area contributed by atoms with E-state index in [4.69, 9.17) is 16.3 Å². The van der Waals surface area contributed by atoms with Gasteiger partial charge in [0.1, 0.15) is 5.82 Å². The predicted molar refractivity (Wildman–Crippen MR) is 82.4 cm³/mol. The smallest absolute Gasteiger partial charge is 0.330 e. The van der Waals surface area contributed by atoms with Crippen molar-refractivity contribution in [2.75, 3.05) is 20.3 Å². The summed E-state index contributed by atoms with van der Waals surface area (Å²) in [5.74, 6) is -1.66. The Bertz CT molecular complexity index is 620. The highest BCUT2D eigenvalue weighted by Crippen LogP contribution is 2.35. The zero-order chi connectivity index (χ0) is 16.8. The molecule has 0 aliphatic carbocycles. The highest BCUT2D eigenvalue weighted by atomic mass is 35.5. The van der Waals surface area contributed by atoms with Crippen LogP contribution in [0.4, 0.5) is 4.39 Å². The summed E-state index contributed by atoms with van der Waals surface area (Å²) >= 11 is 5.67. The van der Waals surface area contributed by atoms with E-state index in [0.717, 1.165) is 0 Å². The van der Waals surface area contributed by atoms with Gasteiger partial charge in [0.25, 0.3) is 0 Å². The molecule has 2 atom stereocenters. The number of carbonyl (C=O) groups is 2. The largest absolute Gasteiger partial charge is 0.466 e. The summed E-state index contributed by atoms with van der Waals surface area (Å²) in [6.45, 7) is 0.622. The number of hydrogen-bond donors (Lipinski definition) is 1. The van der Waals surface area contributed by atoms with Crippen LogP contribution in [0.5, 0.6) is 0 Å². The van der Waals surface area contributed by atoms with Crippen LogP contribution in [0.3, 0.4) is 0 Å². The molecule has 0 spiro atoms. The van der Waals surface area contributed by atoms with Gasteiger partial charge in [0.15, 0.2) is 0 Å². The van der Waals surface area contributed by atoms with Gasteiger partial charge in [0.05, 0.1) is 24.2 Å². The number of nitrogens with one attached hydrogen (secondary N) is 1. The highest BCUT2D eigenvalue weighted by molar-refractivity contribution is 6.30. The van der Waals surface area contributed by atoms with Crippen LogP contribution < -0.4 is 5.32 Å². The number of carbonyl (C=O) groups excluding carboxylic acids is 2. The normalized spacial score (nSPS) is 20.7. The van der Waals surface area contributed by atoms with Crippen molar-refractivity contribution in [1.29, 1.82) is 0 Å². The van der Waals surface area contributed by atoms with Crippen molar-refractivity contribution in [3.05, 3.63) is 46.8 Å². The van der Waals surface area contributed by atoms with Crippen LogP contribution >= 0.6 is 11.6 Å². The molecule has 0 unspecified atom stereocenters. The second-order valence-corrected chi connectivity index (χ2v) is 5.44. The first-order valence-corrected chi connectivity index (χ1v) is 7.49. The summed E-state index contributed by atoms with van der Waals surface area (Å²) in [4.78, 5) is 23.2. The van der Waals surface area contributed by atoms with Crippen LogP contribution in [0.15, 0.2) is 30.4 Å². The van der Waals surface area contributed by atoms with Gasteiger partial charge < -0.3 is 14.8 Å². The molecule has 0 radical (unpaired) electrons. The highest BCUT2D eigenvalue weighted by Gasteiger charge is 2.35. The van der Waals surface area contributed by atoms with E-state index in [1.54, 1.807) is 6.07 Å². The van der Waals surface area contributed by atoms with Gasteiger partial charge in [-0.05, 0) is 24.1 Å². The van der Waals surface area contributed by atoms with Crippen molar-refractivity contribution < 1.29 is 23.5 Å². The van der Waals surface area contributed by atoms with Crippen molar-refractivity contribution in [3.63, 3.8) is 0 Å². The molecule has 7 heteroatoms. The maximum absolute atomic E-state index is 13.6. The van der Waals surface area contributed by atoms with Gasteiger partial charge in [-0.1, -0.05) is 23.7 Å². The van der Waals surface area contributed by atoms with Gasteiger partial charge in [-0.2, -0.15) is 0 Å². The molecule has 1 aromatic rings. The van der Waals surface area contributed by atoms with Crippen molar-refractivity contribution >= 4 is 23.5 Å². The average molecular weight is 342 g/mol. The Labute approximate surface area is 138 Å². The monoisotopic (exact) mass is 341 g/mol. The molecule has 1 heterocycles. The Hall–Kier alpha value is -1.92. The maximum Gasteiger partial charge on any atom is 0.330 e. The molecule has 5 nitrogen and oxygen atoms in total. The third kappa shape index (κ3) is 4.53. The zero-order valence-electron chi connectivity index (χ0n) is 12.6. The molecule has 23 heavy (non-hydrogen) atoms. The summed E-state index contributed by atoms with van der Waals surface area (Å²) in [5.41, 5.74) is 0.578. The fourth-order valence-electron chi connectivity index (χ4n) is 2.39. The number of hydrogen-bond acceptors (Lipinski definition) is 4. The number of ether oxygens (including phenoxy) is 2. The maximum atomic E-state index is 13.6. The van der Waals surface area contributed by atoms with E-state index in [1.807, 2.05) is 0 Å². The molecule has 124 valence electrons. The fourth-order valence-corrected chi connectivity index (χ4v) is 2.51. The lowest BCUT2D eigenvalue weighted by molar-refractivity contribution is -0.135. The minimum absolute atomic E-state index is 0.0284. The minimum atomic E-state index is -0.542. The summed E-state index contributed by atoms with van der Waals surface area (Å²) in [6.07, 6.45) is 2.77. The molecule has 1 aliphatic rings. The first kappa shape index (κ1) is 17.4. The molecule has 1 saturated heterocycles. The van der Waals surface area contributed by atoms with E-state index in [9.17, 15) is 14.0 Å². The van der Waals surface area contributed by atoms with Crippen LogP contribution in [0.1, 0.15) is 18.1 Å². The zero-order valence-corrected chi connectivity index (χ0v) is 13.3. The van der Waals surface area contributed by atoms with Crippen LogP contribution in [0.25, 0.3) is 0 Å². The lowest BCUT2D eigenvalue weighted by Crippen LogP contribution is -2.32. The Kier molecular flexibility index (Phi) is 6.12. The first-order chi connectivity index (χ1) is 11.0. The lowest BCUT2D eigenvalue weighted by Gasteiger charge is -2.18. The van der Waals surface area contributed by atoms with Gasteiger partial charge >= 0.3 is 5.97 Å². The number of esters is 1. The minimum Gasteiger partial charge on any atom is -0.466 e. The molecule has 0 aromatic heterocycles. The van der Waals surface area contributed by atoms with Gasteiger partial charge in [-0.3, -0.25) is 4.79 Å². The summed E-state index contributed by atoms with van der Waals surface area (Å²) in [5, 5.41) is 2.72. The Balaban J connectivity index is 1.97. The third-order valence-electron chi connectivity index (χ3n) is 3.55. The molecule has 1 N–H and O–H groups in total. The van der Waals surface area contributed by atoms with Gasteiger partial charge in [0, 0.05) is 19.2 Å². The quantitative estimate of drug-likeness (QED) is 0.660. The van der Waals surface area contributed by atoms with Crippen molar-refractivity contribution in [3.8, 4) is 0 Å². The summed E-state index contributed by atoms with van der Waals surface area (Å²) < 4.78 is 23.6. The Morgan fingerprint density at radius 3 is 3.00 bits per heavy atom. The Morgan fingerprint density at radius 1 is 1.52 bits per heavy atom. The molecule has 1 fully saturated rings. The van der Waals surface area contributed by atoms with Crippen LogP contribution in [-0.2, 0) is 19.1 Å². The fraction of sp³-hybridized carbons (Fsp3) is 0.375. The van der Waals surface area contributed by atoms with Gasteiger partial charge in [0.2, 0.25) is 5.91 Å². The van der Waals surface area contributed by atoms with Crippen molar-refractivity contribution in [1.82, 2.24) is 5.32 Å². The SMILES string of the molecule is COC(=O)/C=C/CNC(=O)[C@@H]1CCO[C@H]1c1ccc(Cl)c(F)c1. The van der Waals surface area contributed by atoms with Gasteiger partial charge in [-0.25, -0.2) is 9.18 Å². The van der Waals surface area contributed by atoms with E-state index in [2.05, 4.69) is 10.1 Å². The molecular weight excluding hydrogens is 325 g/mol. The number of benzene rings is 1. The number of methoxy groups -OCH3 is 1. The number of halogens is 2. The molecule has 0 bridgehead atoms. The lowest BCUT2D eigenvalue weighted by atomic mass is 9.94. The summed E-state index contributed by atoms with van der Waals surface area (Å²) in [7, 11) is 1.27. The third-order valence-corrected chi connectivity index (χ3v) is 3.86. The van der Waals surface area contributed by atoms with Crippen LogP contribution in [0, 0.1) is 11.7 Å². The second-order valence-electron chi connectivity index (χ2n) is 5.03. The Morgan fingerprint density at radius 2 is 2.30 bits per heavy atom. The van der Waals surface area contributed by atoms with E-state index >= 15 is 0 Å². The number of amides is 1. The molecule has 1 aliphatic heterocycles. The van der Waals surface area contributed by atoms with E-state index in [1.165, 1.54) is 31.4 Å². The van der Waals surface area contributed by atoms with Crippen LogP contribution in [-0.4, -0.2) is 32.1 Å².